The Morgan fingerprint density at radius 3 is 2.67 bits per heavy atom. The Labute approximate surface area is 140 Å². The van der Waals surface area contributed by atoms with Gasteiger partial charge in [0.15, 0.2) is 5.03 Å². The van der Waals surface area contributed by atoms with Crippen LogP contribution >= 0.6 is 0 Å². The lowest BCUT2D eigenvalue weighted by atomic mass is 10.3. The van der Waals surface area contributed by atoms with E-state index in [0.717, 1.165) is 24.3 Å². The standard InChI is InChI=1S/C14H18N6O3S/c1-18-9-13(16-10-18)24(21,22)20-7-11-6-15-14(17-12(11)8-20)19-2-4-23-5-3-19/h6,9-10H,2-5,7-8H2,1H3. The maximum Gasteiger partial charge on any atom is 0.262 e. The molecular formula is C14H18N6O3S. The summed E-state index contributed by atoms with van der Waals surface area (Å²) >= 11 is 0. The molecular weight excluding hydrogens is 332 g/mol. The van der Waals surface area contributed by atoms with Crippen LogP contribution in [0.3, 0.4) is 0 Å². The van der Waals surface area contributed by atoms with Crippen molar-refractivity contribution in [1.29, 1.82) is 0 Å². The third kappa shape index (κ3) is 2.66. The number of anilines is 1. The van der Waals surface area contributed by atoms with Crippen molar-refractivity contribution in [1.82, 2.24) is 23.8 Å². The number of morpholine rings is 1. The van der Waals surface area contributed by atoms with E-state index in [1.165, 1.54) is 16.8 Å². The van der Waals surface area contributed by atoms with Crippen molar-refractivity contribution in [3.63, 3.8) is 0 Å². The molecule has 0 aromatic carbocycles. The monoisotopic (exact) mass is 350 g/mol. The Bertz CT molecular complexity index is 859. The van der Waals surface area contributed by atoms with Crippen LogP contribution in [-0.2, 0) is 34.9 Å². The summed E-state index contributed by atoms with van der Waals surface area (Å²) < 4.78 is 33.7. The van der Waals surface area contributed by atoms with Crippen LogP contribution in [0.5, 0.6) is 0 Å². The molecule has 0 spiro atoms. The fourth-order valence-electron chi connectivity index (χ4n) is 2.85. The van der Waals surface area contributed by atoms with E-state index in [2.05, 4.69) is 19.9 Å². The van der Waals surface area contributed by atoms with E-state index in [9.17, 15) is 8.42 Å². The molecule has 2 aliphatic rings. The molecule has 0 radical (unpaired) electrons. The number of ether oxygens (including phenoxy) is 1. The summed E-state index contributed by atoms with van der Waals surface area (Å²) in [7, 11) is -1.88. The molecule has 9 nitrogen and oxygen atoms in total. The van der Waals surface area contributed by atoms with E-state index in [1.54, 1.807) is 17.8 Å². The molecule has 2 aromatic heterocycles. The molecule has 24 heavy (non-hydrogen) atoms. The molecule has 0 bridgehead atoms. The molecule has 128 valence electrons. The van der Waals surface area contributed by atoms with Gasteiger partial charge in [-0.15, -0.1) is 0 Å². The van der Waals surface area contributed by atoms with Gasteiger partial charge in [0.25, 0.3) is 10.0 Å². The Kier molecular flexibility index (Phi) is 3.74. The number of hydrogen-bond acceptors (Lipinski definition) is 7. The summed E-state index contributed by atoms with van der Waals surface area (Å²) in [5.74, 6) is 0.633. The van der Waals surface area contributed by atoms with Gasteiger partial charge in [0.2, 0.25) is 5.95 Å². The van der Waals surface area contributed by atoms with Crippen LogP contribution in [0.4, 0.5) is 5.95 Å². The summed E-state index contributed by atoms with van der Waals surface area (Å²) in [6, 6.07) is 0. The summed E-state index contributed by atoms with van der Waals surface area (Å²) in [5.41, 5.74) is 1.59. The van der Waals surface area contributed by atoms with Crippen LogP contribution < -0.4 is 4.90 Å². The third-order valence-corrected chi connectivity index (χ3v) is 5.87. The summed E-state index contributed by atoms with van der Waals surface area (Å²) in [5, 5.41) is 0.0548. The summed E-state index contributed by atoms with van der Waals surface area (Å²) in [6.45, 7) is 3.32. The Balaban J connectivity index is 1.57. The number of aryl methyl sites for hydroxylation is 1. The van der Waals surface area contributed by atoms with E-state index in [1.807, 2.05) is 0 Å². The van der Waals surface area contributed by atoms with Crippen LogP contribution in [-0.4, -0.2) is 58.5 Å². The minimum Gasteiger partial charge on any atom is -0.378 e. The van der Waals surface area contributed by atoms with Crippen LogP contribution in [0, 0.1) is 0 Å². The van der Waals surface area contributed by atoms with Crippen molar-refractivity contribution in [2.75, 3.05) is 31.2 Å². The topological polar surface area (TPSA) is 93.5 Å². The second-order valence-corrected chi connectivity index (χ2v) is 7.78. The number of sulfonamides is 1. The van der Waals surface area contributed by atoms with Crippen molar-refractivity contribution in [2.24, 2.45) is 7.05 Å². The fourth-order valence-corrected chi connectivity index (χ4v) is 4.20. The third-order valence-electron chi connectivity index (χ3n) is 4.19. The van der Waals surface area contributed by atoms with Gasteiger partial charge in [-0.3, -0.25) is 0 Å². The summed E-state index contributed by atoms with van der Waals surface area (Å²) in [4.78, 5) is 15.0. The molecule has 1 saturated heterocycles. The minimum atomic E-state index is -3.62. The molecule has 0 unspecified atom stereocenters. The van der Waals surface area contributed by atoms with E-state index >= 15 is 0 Å². The van der Waals surface area contributed by atoms with Gasteiger partial charge in [0.05, 0.1) is 31.8 Å². The van der Waals surface area contributed by atoms with Gasteiger partial charge in [0.1, 0.15) is 0 Å². The lowest BCUT2D eigenvalue weighted by molar-refractivity contribution is 0.122. The molecule has 10 heteroatoms. The minimum absolute atomic E-state index is 0.0548. The zero-order valence-corrected chi connectivity index (χ0v) is 14.1. The Hall–Kier alpha value is -2.04. The second kappa shape index (κ2) is 5.80. The fraction of sp³-hybridized carbons (Fsp3) is 0.500. The van der Waals surface area contributed by atoms with Crippen molar-refractivity contribution >= 4 is 16.0 Å². The number of aromatic nitrogens is 4. The smallest absolute Gasteiger partial charge is 0.262 e. The maximum atomic E-state index is 12.7. The van der Waals surface area contributed by atoms with E-state index in [-0.39, 0.29) is 18.1 Å². The highest BCUT2D eigenvalue weighted by atomic mass is 32.2. The molecule has 1 fully saturated rings. The van der Waals surface area contributed by atoms with Gasteiger partial charge in [-0.2, -0.15) is 4.31 Å². The van der Waals surface area contributed by atoms with Crippen molar-refractivity contribution in [3.8, 4) is 0 Å². The molecule has 0 saturated carbocycles. The first kappa shape index (κ1) is 15.5. The van der Waals surface area contributed by atoms with Gasteiger partial charge in [-0.25, -0.2) is 23.4 Å². The Morgan fingerprint density at radius 1 is 1.17 bits per heavy atom. The quantitative estimate of drug-likeness (QED) is 0.753. The lowest BCUT2D eigenvalue weighted by Crippen LogP contribution is -2.37. The zero-order chi connectivity index (χ0) is 16.7. The second-order valence-electron chi connectivity index (χ2n) is 5.89. The molecule has 2 aliphatic heterocycles. The predicted octanol–water partition coefficient (Wildman–Crippen LogP) is -0.249. The molecule has 2 aromatic rings. The Morgan fingerprint density at radius 2 is 1.96 bits per heavy atom. The largest absolute Gasteiger partial charge is 0.378 e. The van der Waals surface area contributed by atoms with Crippen LogP contribution in [0.2, 0.25) is 0 Å². The van der Waals surface area contributed by atoms with Gasteiger partial charge in [-0.1, -0.05) is 0 Å². The highest BCUT2D eigenvalue weighted by molar-refractivity contribution is 7.89. The molecule has 4 heterocycles. The summed E-state index contributed by atoms with van der Waals surface area (Å²) in [6.07, 6.45) is 4.71. The molecule has 0 atom stereocenters. The maximum absolute atomic E-state index is 12.7. The first-order valence-electron chi connectivity index (χ1n) is 7.69. The predicted molar refractivity (Wildman–Crippen MR) is 84.7 cm³/mol. The van der Waals surface area contributed by atoms with E-state index < -0.39 is 10.0 Å². The number of nitrogens with zero attached hydrogens (tertiary/aromatic N) is 6. The average molecular weight is 350 g/mol. The van der Waals surface area contributed by atoms with Gasteiger partial charge in [-0.05, 0) is 0 Å². The van der Waals surface area contributed by atoms with Gasteiger partial charge >= 0.3 is 0 Å². The average Bonchev–Trinajstić information content (AvgIpc) is 3.21. The zero-order valence-electron chi connectivity index (χ0n) is 13.3. The number of hydrogen-bond donors (Lipinski definition) is 0. The molecule has 0 N–H and O–H groups in total. The highest BCUT2D eigenvalue weighted by Gasteiger charge is 2.33. The van der Waals surface area contributed by atoms with Crippen LogP contribution in [0.15, 0.2) is 23.7 Å². The molecule has 4 rings (SSSR count). The van der Waals surface area contributed by atoms with Crippen LogP contribution in [0.25, 0.3) is 0 Å². The van der Waals surface area contributed by atoms with Gasteiger partial charge in [0, 0.05) is 44.6 Å². The van der Waals surface area contributed by atoms with Crippen molar-refractivity contribution < 1.29 is 13.2 Å². The normalized spacial score (nSPS) is 18.8. The number of fused-ring (bicyclic) bond motifs is 1. The van der Waals surface area contributed by atoms with Crippen LogP contribution in [0.1, 0.15) is 11.3 Å². The van der Waals surface area contributed by atoms with Crippen molar-refractivity contribution in [2.45, 2.75) is 18.1 Å². The number of rotatable bonds is 3. The first-order chi connectivity index (χ1) is 11.5. The van der Waals surface area contributed by atoms with Crippen molar-refractivity contribution in [3.05, 3.63) is 30.0 Å². The van der Waals surface area contributed by atoms with Gasteiger partial charge < -0.3 is 14.2 Å². The lowest BCUT2D eigenvalue weighted by Gasteiger charge is -2.26. The SMILES string of the molecule is Cn1cnc(S(=O)(=O)N2Cc3cnc(N4CCOCC4)nc3C2)c1. The van der Waals surface area contributed by atoms with E-state index in [0.29, 0.717) is 19.2 Å². The highest BCUT2D eigenvalue weighted by Crippen LogP contribution is 2.27. The van der Waals surface area contributed by atoms with E-state index in [4.69, 9.17) is 4.74 Å². The number of imidazole rings is 1. The molecule has 0 amide bonds. The first-order valence-corrected chi connectivity index (χ1v) is 9.13. The molecule has 0 aliphatic carbocycles.